The van der Waals surface area contributed by atoms with Gasteiger partial charge in [-0.15, -0.1) is 9.35 Å². The number of hydrogen-bond acceptors (Lipinski definition) is 9. The fourth-order valence-electron chi connectivity index (χ4n) is 0.784. The van der Waals surface area contributed by atoms with Crippen molar-refractivity contribution < 1.29 is 47.6 Å². The van der Waals surface area contributed by atoms with E-state index in [0.29, 0.717) is 0 Å². The van der Waals surface area contributed by atoms with Crippen LogP contribution in [0, 0.1) is 0 Å². The average Bonchev–Trinajstić information content (AvgIpc) is 2.43. The van der Waals surface area contributed by atoms with Gasteiger partial charge in [0, 0.05) is 25.0 Å². The molecule has 2 atom stereocenters. The molecule has 0 radical (unpaired) electrons. The zero-order valence-corrected chi connectivity index (χ0v) is 14.0. The van der Waals surface area contributed by atoms with Crippen molar-refractivity contribution in [1.82, 2.24) is 0 Å². The van der Waals surface area contributed by atoms with Crippen molar-refractivity contribution in [2.75, 3.05) is 0 Å². The summed E-state index contributed by atoms with van der Waals surface area (Å²) in [6, 6.07) is 0. The molecule has 0 aromatic carbocycles. The van der Waals surface area contributed by atoms with E-state index < -0.39 is 32.3 Å². The third-order valence-corrected chi connectivity index (χ3v) is 2.34. The first kappa shape index (κ1) is 21.4. The summed E-state index contributed by atoms with van der Waals surface area (Å²) in [5.74, 6) is -1.57. The molecular weight excluding hydrogens is 335 g/mol. The van der Waals surface area contributed by atoms with Crippen LogP contribution in [0.1, 0.15) is 27.7 Å². The van der Waals surface area contributed by atoms with E-state index in [4.69, 9.17) is 0 Å². The number of carbonyl (C=O) groups is 2. The Morgan fingerprint density at radius 3 is 1.48 bits per heavy atom. The molecule has 0 rings (SSSR count). The Labute approximate surface area is 133 Å². The van der Waals surface area contributed by atoms with Gasteiger partial charge >= 0.3 is 19.8 Å². The van der Waals surface area contributed by atoms with E-state index in [1.165, 1.54) is 27.7 Å². The molecule has 11 heteroatoms. The predicted octanol–water partition coefficient (Wildman–Crippen LogP) is 1.91. The molecule has 0 aromatic heterocycles. The van der Waals surface area contributed by atoms with Gasteiger partial charge in [0.2, 0.25) is 12.6 Å². The molecule has 1 N–H and O–H groups in total. The number of ether oxygens (including phenoxy) is 2. The molecule has 0 aromatic rings. The molecule has 0 amide bonds. The van der Waals surface area contributed by atoms with Crippen LogP contribution in [0.3, 0.4) is 0 Å². The lowest BCUT2D eigenvalue weighted by Crippen LogP contribution is -2.20. The summed E-state index contributed by atoms with van der Waals surface area (Å²) in [5, 5.41) is 0. The van der Waals surface area contributed by atoms with Crippen molar-refractivity contribution in [2.24, 2.45) is 0 Å². The lowest BCUT2D eigenvalue weighted by Gasteiger charge is -2.16. The van der Waals surface area contributed by atoms with Crippen LogP contribution in [0.15, 0.2) is 24.3 Å². The summed E-state index contributed by atoms with van der Waals surface area (Å²) < 4.78 is 28.8. The number of phosphoric acid groups is 1. The zero-order valence-electron chi connectivity index (χ0n) is 13.1. The summed E-state index contributed by atoms with van der Waals surface area (Å²) in [4.78, 5) is 40.3. The average molecular weight is 354 g/mol. The van der Waals surface area contributed by atoms with Crippen LogP contribution in [-0.4, -0.2) is 29.4 Å². The lowest BCUT2D eigenvalue weighted by atomic mass is 10.4. The molecule has 0 aliphatic heterocycles. The van der Waals surface area contributed by atoms with Crippen molar-refractivity contribution in [1.29, 1.82) is 0 Å². The van der Waals surface area contributed by atoms with Crippen molar-refractivity contribution >= 4 is 19.8 Å². The van der Waals surface area contributed by atoms with E-state index in [-0.39, 0.29) is 11.1 Å². The second-order valence-electron chi connectivity index (χ2n) is 4.32. The molecule has 0 heterocycles. The molecule has 0 bridgehead atoms. The van der Waals surface area contributed by atoms with E-state index >= 15 is 0 Å². The van der Waals surface area contributed by atoms with E-state index in [1.54, 1.807) is 0 Å². The summed E-state index contributed by atoms with van der Waals surface area (Å²) in [5.41, 5.74) is 0.195. The third kappa shape index (κ3) is 9.95. The second kappa shape index (κ2) is 9.56. The Hall–Kier alpha value is -1.55. The van der Waals surface area contributed by atoms with E-state index in [0.717, 1.165) is 0 Å². The van der Waals surface area contributed by atoms with Gasteiger partial charge < -0.3 is 9.47 Å². The fraction of sp³-hybridized carbons (Fsp3) is 0.500. The largest absolute Gasteiger partial charge is 0.527 e. The Morgan fingerprint density at radius 2 is 1.22 bits per heavy atom. The monoisotopic (exact) mass is 354 g/mol. The molecular formula is C12H19O10P. The quantitative estimate of drug-likeness (QED) is 0.155. The van der Waals surface area contributed by atoms with Crippen LogP contribution in [-0.2, 0) is 42.8 Å². The SMILES string of the molecule is C=C(C)C(=O)OC(C)OOP(=O)(O)OOC(C)OC(=O)C(=C)C. The first-order valence-electron chi connectivity index (χ1n) is 6.20. The fourth-order valence-corrected chi connectivity index (χ4v) is 1.27. The molecule has 10 nitrogen and oxygen atoms in total. The standard InChI is InChI=1S/C12H19O10P/c1-7(2)11(13)17-9(5)19-21-23(15,16)22-20-10(6)18-12(14)8(3)4/h9-10H,1,3H2,2,4-6H3,(H,15,16). The van der Waals surface area contributed by atoms with Gasteiger partial charge in [-0.3, -0.25) is 4.89 Å². The molecule has 0 saturated heterocycles. The van der Waals surface area contributed by atoms with Gasteiger partial charge in [0.15, 0.2) is 0 Å². The smallest absolute Gasteiger partial charge is 0.430 e. The summed E-state index contributed by atoms with van der Waals surface area (Å²) in [6.45, 7) is 11.9. The maximum absolute atomic E-state index is 11.4. The zero-order chi connectivity index (χ0) is 18.2. The Kier molecular flexibility index (Phi) is 8.91. The van der Waals surface area contributed by atoms with Crippen molar-refractivity contribution in [3.05, 3.63) is 24.3 Å². The molecule has 132 valence electrons. The van der Waals surface area contributed by atoms with Crippen LogP contribution in [0.25, 0.3) is 0 Å². The summed E-state index contributed by atoms with van der Waals surface area (Å²) >= 11 is 0. The van der Waals surface area contributed by atoms with Gasteiger partial charge in [-0.25, -0.2) is 14.2 Å². The minimum atomic E-state index is -4.81. The topological polar surface area (TPSA) is 127 Å². The summed E-state index contributed by atoms with van der Waals surface area (Å²) in [7, 11) is -4.81. The lowest BCUT2D eigenvalue weighted by molar-refractivity contribution is -0.354. The van der Waals surface area contributed by atoms with Gasteiger partial charge in [0.1, 0.15) is 0 Å². The number of rotatable bonds is 10. The molecule has 0 aliphatic carbocycles. The van der Waals surface area contributed by atoms with Crippen LogP contribution in [0.2, 0.25) is 0 Å². The summed E-state index contributed by atoms with van der Waals surface area (Å²) in [6.07, 6.45) is -2.64. The van der Waals surface area contributed by atoms with Crippen molar-refractivity contribution in [2.45, 2.75) is 40.3 Å². The first-order chi connectivity index (χ1) is 10.4. The number of esters is 2. The Bertz CT molecular complexity index is 472. The van der Waals surface area contributed by atoms with Gasteiger partial charge in [-0.2, -0.15) is 9.78 Å². The number of hydrogen-bond donors (Lipinski definition) is 1. The Balaban J connectivity index is 4.21. The van der Waals surface area contributed by atoms with E-state index in [1.807, 2.05) is 0 Å². The van der Waals surface area contributed by atoms with Gasteiger partial charge in [0.25, 0.3) is 0 Å². The van der Waals surface area contributed by atoms with Gasteiger partial charge in [-0.1, -0.05) is 13.2 Å². The molecule has 0 fully saturated rings. The number of carbonyl (C=O) groups excluding carboxylic acids is 2. The maximum atomic E-state index is 11.4. The van der Waals surface area contributed by atoms with Gasteiger partial charge in [0.05, 0.1) is 0 Å². The van der Waals surface area contributed by atoms with Crippen molar-refractivity contribution in [3.8, 4) is 0 Å². The van der Waals surface area contributed by atoms with Crippen LogP contribution in [0.5, 0.6) is 0 Å². The minimum absolute atomic E-state index is 0.0976. The maximum Gasteiger partial charge on any atom is 0.527 e. The van der Waals surface area contributed by atoms with Crippen LogP contribution >= 0.6 is 7.82 Å². The van der Waals surface area contributed by atoms with Gasteiger partial charge in [-0.05, 0) is 13.8 Å². The van der Waals surface area contributed by atoms with Crippen LogP contribution in [0.4, 0.5) is 0 Å². The molecule has 0 aliphatic rings. The van der Waals surface area contributed by atoms with Crippen molar-refractivity contribution in [3.63, 3.8) is 0 Å². The first-order valence-corrected chi connectivity index (χ1v) is 7.70. The highest BCUT2D eigenvalue weighted by atomic mass is 31.2. The molecule has 0 spiro atoms. The third-order valence-electron chi connectivity index (χ3n) is 1.79. The highest BCUT2D eigenvalue weighted by Gasteiger charge is 2.28. The Morgan fingerprint density at radius 1 is 0.913 bits per heavy atom. The predicted molar refractivity (Wildman–Crippen MR) is 74.9 cm³/mol. The van der Waals surface area contributed by atoms with Crippen LogP contribution < -0.4 is 0 Å². The normalized spacial score (nSPS) is 15.9. The highest BCUT2D eigenvalue weighted by molar-refractivity contribution is 7.47. The molecule has 2 unspecified atom stereocenters. The highest BCUT2D eigenvalue weighted by Crippen LogP contribution is 2.44. The minimum Gasteiger partial charge on any atom is -0.430 e. The van der Waals surface area contributed by atoms with E-state index in [2.05, 4.69) is 41.8 Å². The second-order valence-corrected chi connectivity index (χ2v) is 5.55. The molecule has 23 heavy (non-hydrogen) atoms. The molecule has 0 saturated carbocycles. The van der Waals surface area contributed by atoms with E-state index in [9.17, 15) is 19.0 Å².